The molecule has 0 aromatic heterocycles. The second-order valence-electron chi connectivity index (χ2n) is 4.20. The number of benzene rings is 2. The zero-order valence-corrected chi connectivity index (χ0v) is 10.7. The van der Waals surface area contributed by atoms with E-state index in [1.165, 1.54) is 6.07 Å². The lowest BCUT2D eigenvalue weighted by atomic mass is 9.96. The van der Waals surface area contributed by atoms with Crippen LogP contribution in [0.25, 0.3) is 11.1 Å². The lowest BCUT2D eigenvalue weighted by Gasteiger charge is -2.10. The van der Waals surface area contributed by atoms with Crippen LogP contribution in [0.5, 0.6) is 0 Å². The van der Waals surface area contributed by atoms with Crippen molar-refractivity contribution in [3.05, 3.63) is 58.9 Å². The molecule has 0 bridgehead atoms. The van der Waals surface area contributed by atoms with Crippen LogP contribution in [-0.2, 0) is 5.88 Å². The molecule has 2 rings (SSSR count). The van der Waals surface area contributed by atoms with Crippen molar-refractivity contribution >= 4 is 11.6 Å². The molecule has 2 heteroatoms. The molecule has 0 unspecified atom stereocenters. The molecule has 0 atom stereocenters. The quantitative estimate of drug-likeness (QED) is 0.667. The number of aryl methyl sites for hydroxylation is 1. The second-order valence-corrected chi connectivity index (χ2v) is 4.46. The number of rotatable bonds is 2. The Morgan fingerprint density at radius 1 is 1.06 bits per heavy atom. The van der Waals surface area contributed by atoms with Crippen molar-refractivity contribution in [2.75, 3.05) is 0 Å². The molecule has 0 aliphatic heterocycles. The lowest BCUT2D eigenvalue weighted by Crippen LogP contribution is -1.91. The Kier molecular flexibility index (Phi) is 3.49. The summed E-state index contributed by atoms with van der Waals surface area (Å²) in [5.74, 6) is 0.200. The molecule has 0 heterocycles. The average Bonchev–Trinajstić information content (AvgIpc) is 2.34. The minimum absolute atomic E-state index is 0.201. The molecule has 17 heavy (non-hydrogen) atoms. The predicted molar refractivity (Wildman–Crippen MR) is 70.9 cm³/mol. The van der Waals surface area contributed by atoms with Gasteiger partial charge in [0.25, 0.3) is 0 Å². The SMILES string of the molecule is Cc1cccc(-c2cc(CCl)ccc2F)c1C. The van der Waals surface area contributed by atoms with Gasteiger partial charge in [-0.25, -0.2) is 4.39 Å². The van der Waals surface area contributed by atoms with Crippen molar-refractivity contribution in [2.45, 2.75) is 19.7 Å². The Morgan fingerprint density at radius 2 is 1.82 bits per heavy atom. The van der Waals surface area contributed by atoms with E-state index in [2.05, 4.69) is 0 Å². The molecule has 2 aromatic carbocycles. The highest BCUT2D eigenvalue weighted by Gasteiger charge is 2.09. The first kappa shape index (κ1) is 12.1. The maximum Gasteiger partial charge on any atom is 0.131 e. The number of hydrogen-bond acceptors (Lipinski definition) is 0. The zero-order chi connectivity index (χ0) is 12.4. The van der Waals surface area contributed by atoms with Gasteiger partial charge in [0.1, 0.15) is 5.82 Å². The van der Waals surface area contributed by atoms with Gasteiger partial charge < -0.3 is 0 Å². The van der Waals surface area contributed by atoms with Crippen LogP contribution in [0.3, 0.4) is 0 Å². The minimum Gasteiger partial charge on any atom is -0.206 e. The van der Waals surface area contributed by atoms with Gasteiger partial charge in [0.15, 0.2) is 0 Å². The molecule has 88 valence electrons. The molecule has 0 amide bonds. The van der Waals surface area contributed by atoms with E-state index in [9.17, 15) is 4.39 Å². The highest BCUT2D eigenvalue weighted by molar-refractivity contribution is 6.17. The van der Waals surface area contributed by atoms with E-state index in [1.807, 2.05) is 38.1 Å². The van der Waals surface area contributed by atoms with Crippen molar-refractivity contribution in [3.63, 3.8) is 0 Å². The van der Waals surface area contributed by atoms with E-state index in [1.54, 1.807) is 6.07 Å². The Labute approximate surface area is 106 Å². The van der Waals surface area contributed by atoms with Crippen molar-refractivity contribution in [2.24, 2.45) is 0 Å². The second kappa shape index (κ2) is 4.89. The molecule has 0 nitrogen and oxygen atoms in total. The first-order valence-corrected chi connectivity index (χ1v) is 6.08. The third kappa shape index (κ3) is 2.34. The van der Waals surface area contributed by atoms with E-state index < -0.39 is 0 Å². The standard InChI is InChI=1S/C15H14ClF/c1-10-4-3-5-13(11(10)2)14-8-12(9-16)6-7-15(14)17/h3-8H,9H2,1-2H3. The van der Waals surface area contributed by atoms with Crippen molar-refractivity contribution in [1.29, 1.82) is 0 Å². The molecule has 0 spiro atoms. The topological polar surface area (TPSA) is 0 Å². The molecule has 0 aliphatic carbocycles. The number of alkyl halides is 1. The molecule has 0 N–H and O–H groups in total. The van der Waals surface area contributed by atoms with E-state index in [-0.39, 0.29) is 5.82 Å². The van der Waals surface area contributed by atoms with Gasteiger partial charge in [0, 0.05) is 11.4 Å². The smallest absolute Gasteiger partial charge is 0.131 e. The minimum atomic E-state index is -0.201. The summed E-state index contributed by atoms with van der Waals surface area (Å²) in [6, 6.07) is 10.9. The third-order valence-corrected chi connectivity index (χ3v) is 3.39. The fourth-order valence-corrected chi connectivity index (χ4v) is 2.07. The van der Waals surface area contributed by atoms with Gasteiger partial charge in [-0.15, -0.1) is 11.6 Å². The summed E-state index contributed by atoms with van der Waals surface area (Å²) >= 11 is 5.79. The van der Waals surface area contributed by atoms with Crippen LogP contribution in [0.15, 0.2) is 36.4 Å². The predicted octanol–water partition coefficient (Wildman–Crippen LogP) is 4.85. The maximum atomic E-state index is 13.9. The summed E-state index contributed by atoms with van der Waals surface area (Å²) in [6.45, 7) is 4.04. The summed E-state index contributed by atoms with van der Waals surface area (Å²) < 4.78 is 13.9. The molecule has 0 fully saturated rings. The van der Waals surface area contributed by atoms with Gasteiger partial charge in [0.05, 0.1) is 0 Å². The highest BCUT2D eigenvalue weighted by Crippen LogP contribution is 2.29. The molecule has 0 aliphatic rings. The van der Waals surface area contributed by atoms with Crippen LogP contribution in [0.4, 0.5) is 4.39 Å². The highest BCUT2D eigenvalue weighted by atomic mass is 35.5. The van der Waals surface area contributed by atoms with E-state index in [0.717, 1.165) is 22.3 Å². The Balaban J connectivity index is 2.63. The van der Waals surface area contributed by atoms with E-state index in [4.69, 9.17) is 11.6 Å². The van der Waals surface area contributed by atoms with Crippen LogP contribution in [-0.4, -0.2) is 0 Å². The van der Waals surface area contributed by atoms with Gasteiger partial charge in [0.2, 0.25) is 0 Å². The number of halogens is 2. The van der Waals surface area contributed by atoms with Crippen molar-refractivity contribution < 1.29 is 4.39 Å². The Bertz CT molecular complexity index is 547. The van der Waals surface area contributed by atoms with Gasteiger partial charge >= 0.3 is 0 Å². The van der Waals surface area contributed by atoms with Crippen molar-refractivity contribution in [3.8, 4) is 11.1 Å². The summed E-state index contributed by atoms with van der Waals surface area (Å²) in [6.07, 6.45) is 0. The maximum absolute atomic E-state index is 13.9. The molecule has 0 saturated carbocycles. The first-order valence-electron chi connectivity index (χ1n) is 5.54. The van der Waals surface area contributed by atoms with Crippen LogP contribution >= 0.6 is 11.6 Å². The van der Waals surface area contributed by atoms with Crippen LogP contribution in [0.2, 0.25) is 0 Å². The van der Waals surface area contributed by atoms with Crippen molar-refractivity contribution in [1.82, 2.24) is 0 Å². The van der Waals surface area contributed by atoms with Gasteiger partial charge in [-0.3, -0.25) is 0 Å². The summed E-state index contributed by atoms with van der Waals surface area (Å²) in [4.78, 5) is 0. The summed E-state index contributed by atoms with van der Waals surface area (Å²) in [7, 11) is 0. The summed E-state index contributed by atoms with van der Waals surface area (Å²) in [5.41, 5.74) is 4.78. The fourth-order valence-electron chi connectivity index (χ4n) is 1.90. The lowest BCUT2D eigenvalue weighted by molar-refractivity contribution is 0.630. The zero-order valence-electron chi connectivity index (χ0n) is 9.93. The largest absolute Gasteiger partial charge is 0.206 e. The Hall–Kier alpha value is -1.34. The van der Waals surface area contributed by atoms with Gasteiger partial charge in [-0.2, -0.15) is 0 Å². The Morgan fingerprint density at radius 3 is 2.53 bits per heavy atom. The van der Waals surface area contributed by atoms with Gasteiger partial charge in [-0.1, -0.05) is 24.3 Å². The number of hydrogen-bond donors (Lipinski definition) is 0. The average molecular weight is 249 g/mol. The normalized spacial score (nSPS) is 10.6. The first-order chi connectivity index (χ1) is 8.13. The monoisotopic (exact) mass is 248 g/mol. The van der Waals surface area contributed by atoms with E-state index in [0.29, 0.717) is 11.4 Å². The molecular formula is C15H14ClF. The fraction of sp³-hybridized carbons (Fsp3) is 0.200. The molecule has 2 aromatic rings. The van der Waals surface area contributed by atoms with Gasteiger partial charge in [-0.05, 0) is 48.2 Å². The molecule has 0 radical (unpaired) electrons. The molecular weight excluding hydrogens is 235 g/mol. The molecule has 0 saturated heterocycles. The van der Waals surface area contributed by atoms with E-state index >= 15 is 0 Å². The van der Waals surface area contributed by atoms with Crippen LogP contribution in [0, 0.1) is 19.7 Å². The van der Waals surface area contributed by atoms with Crippen LogP contribution < -0.4 is 0 Å². The third-order valence-electron chi connectivity index (χ3n) is 3.08. The summed E-state index contributed by atoms with van der Waals surface area (Å²) in [5, 5.41) is 0. The van der Waals surface area contributed by atoms with Crippen LogP contribution in [0.1, 0.15) is 16.7 Å².